The van der Waals surface area contributed by atoms with E-state index in [1.54, 1.807) is 18.2 Å². The Bertz CT molecular complexity index is 594. The molecule has 3 atom stereocenters. The second-order valence-corrected chi connectivity index (χ2v) is 6.62. The van der Waals surface area contributed by atoms with Crippen LogP contribution in [0.1, 0.15) is 43.5 Å². The van der Waals surface area contributed by atoms with Crippen molar-refractivity contribution in [1.29, 1.82) is 0 Å². The van der Waals surface area contributed by atoms with Gasteiger partial charge in [0, 0.05) is 12.1 Å². The molecule has 0 bridgehead atoms. The Morgan fingerprint density at radius 2 is 1.72 bits per heavy atom. The van der Waals surface area contributed by atoms with E-state index in [-0.39, 0.29) is 24.1 Å². The number of amides is 1. The minimum atomic E-state index is -0.586. The van der Waals surface area contributed by atoms with Crippen molar-refractivity contribution >= 4 is 11.9 Å². The van der Waals surface area contributed by atoms with Crippen LogP contribution in [0.4, 0.5) is 0 Å². The second kappa shape index (κ2) is 8.74. The monoisotopic (exact) mass is 349 g/mol. The lowest BCUT2D eigenvalue weighted by atomic mass is 9.78. The normalized spacial score (nSPS) is 22.8. The summed E-state index contributed by atoms with van der Waals surface area (Å²) in [5.74, 6) is 1.13. The highest BCUT2D eigenvalue weighted by Crippen LogP contribution is 2.29. The van der Waals surface area contributed by atoms with Gasteiger partial charge in [-0.1, -0.05) is 26.7 Å². The first-order valence-electron chi connectivity index (χ1n) is 8.64. The van der Waals surface area contributed by atoms with Gasteiger partial charge in [-0.3, -0.25) is 4.79 Å². The first kappa shape index (κ1) is 19.1. The van der Waals surface area contributed by atoms with Gasteiger partial charge in [0.25, 0.3) is 5.91 Å². The SMILES string of the molecule is COc1cc(OC)cc(C(=O)OCC(=O)N[C@@H]2CCC[C@H](C)[C@H]2C)c1. The molecule has 0 unspecified atom stereocenters. The fourth-order valence-corrected chi connectivity index (χ4v) is 3.17. The van der Waals surface area contributed by atoms with E-state index in [4.69, 9.17) is 14.2 Å². The highest BCUT2D eigenvalue weighted by atomic mass is 16.5. The zero-order valence-corrected chi connectivity index (χ0v) is 15.3. The van der Waals surface area contributed by atoms with Gasteiger partial charge in [-0.05, 0) is 30.4 Å². The summed E-state index contributed by atoms with van der Waals surface area (Å²) in [6.45, 7) is 4.07. The standard InChI is InChI=1S/C19H27NO5/c1-12-6-5-7-17(13(12)2)20-18(21)11-25-19(22)14-8-15(23-3)10-16(9-14)24-4/h8-10,12-13,17H,5-7,11H2,1-4H3,(H,20,21)/t12-,13+,17+/m0/s1. The lowest BCUT2D eigenvalue weighted by Gasteiger charge is -2.34. The fourth-order valence-electron chi connectivity index (χ4n) is 3.17. The highest BCUT2D eigenvalue weighted by molar-refractivity contribution is 5.92. The number of nitrogens with one attached hydrogen (secondary N) is 1. The van der Waals surface area contributed by atoms with Crippen LogP contribution in [0.2, 0.25) is 0 Å². The van der Waals surface area contributed by atoms with Gasteiger partial charge in [0.2, 0.25) is 0 Å². The molecule has 6 nitrogen and oxygen atoms in total. The van der Waals surface area contributed by atoms with Crippen LogP contribution in [0.15, 0.2) is 18.2 Å². The van der Waals surface area contributed by atoms with Crippen LogP contribution in [0, 0.1) is 11.8 Å². The lowest BCUT2D eigenvalue weighted by molar-refractivity contribution is -0.125. The molecule has 1 aliphatic rings. The van der Waals surface area contributed by atoms with Crippen molar-refractivity contribution in [3.05, 3.63) is 23.8 Å². The van der Waals surface area contributed by atoms with Gasteiger partial charge in [0.15, 0.2) is 6.61 Å². The molecule has 1 aromatic rings. The first-order chi connectivity index (χ1) is 11.9. The third kappa shape index (κ3) is 5.11. The number of carbonyl (C=O) groups excluding carboxylic acids is 2. The Labute approximate surface area is 148 Å². The molecule has 1 N–H and O–H groups in total. The molecule has 0 radical (unpaired) electrons. The summed E-state index contributed by atoms with van der Waals surface area (Å²) in [6.07, 6.45) is 3.28. The Hall–Kier alpha value is -2.24. The minimum Gasteiger partial charge on any atom is -0.497 e. The molecule has 1 aliphatic carbocycles. The van der Waals surface area contributed by atoms with Gasteiger partial charge in [-0.2, -0.15) is 0 Å². The van der Waals surface area contributed by atoms with Crippen LogP contribution >= 0.6 is 0 Å². The summed E-state index contributed by atoms with van der Waals surface area (Å²) in [6, 6.07) is 4.91. The molecule has 1 amide bonds. The van der Waals surface area contributed by atoms with Crippen molar-refractivity contribution in [3.63, 3.8) is 0 Å². The molecule has 0 aromatic heterocycles. The molecule has 138 valence electrons. The smallest absolute Gasteiger partial charge is 0.338 e. The predicted molar refractivity (Wildman–Crippen MR) is 93.9 cm³/mol. The zero-order chi connectivity index (χ0) is 18.4. The summed E-state index contributed by atoms with van der Waals surface area (Å²) >= 11 is 0. The van der Waals surface area contributed by atoms with Gasteiger partial charge >= 0.3 is 5.97 Å². The third-order valence-corrected chi connectivity index (χ3v) is 4.97. The Balaban J connectivity index is 1.90. The van der Waals surface area contributed by atoms with Gasteiger partial charge in [0.05, 0.1) is 19.8 Å². The molecule has 0 aliphatic heterocycles. The minimum absolute atomic E-state index is 0.145. The number of methoxy groups -OCH3 is 2. The van der Waals surface area contributed by atoms with Crippen LogP contribution in [-0.2, 0) is 9.53 Å². The molecule has 6 heteroatoms. The van der Waals surface area contributed by atoms with Crippen molar-refractivity contribution in [2.75, 3.05) is 20.8 Å². The van der Waals surface area contributed by atoms with E-state index in [1.807, 2.05) is 0 Å². The van der Waals surface area contributed by atoms with Crippen LogP contribution in [0.5, 0.6) is 11.5 Å². The number of hydrogen-bond donors (Lipinski definition) is 1. The summed E-state index contributed by atoms with van der Waals surface area (Å²) in [5.41, 5.74) is 0.281. The third-order valence-electron chi connectivity index (χ3n) is 4.97. The van der Waals surface area contributed by atoms with Gasteiger partial charge < -0.3 is 19.5 Å². The lowest BCUT2D eigenvalue weighted by Crippen LogP contribution is -2.45. The van der Waals surface area contributed by atoms with Gasteiger partial charge in [0.1, 0.15) is 11.5 Å². The van der Waals surface area contributed by atoms with E-state index < -0.39 is 5.97 Å². The molecule has 0 heterocycles. The van der Waals surface area contributed by atoms with Crippen molar-refractivity contribution in [1.82, 2.24) is 5.32 Å². The zero-order valence-electron chi connectivity index (χ0n) is 15.3. The molecule has 1 saturated carbocycles. The first-order valence-corrected chi connectivity index (χ1v) is 8.64. The molecule has 2 rings (SSSR count). The topological polar surface area (TPSA) is 73.9 Å². The fraction of sp³-hybridized carbons (Fsp3) is 0.579. The number of ether oxygens (including phenoxy) is 3. The van der Waals surface area contributed by atoms with Crippen molar-refractivity contribution < 1.29 is 23.8 Å². The number of esters is 1. The maximum Gasteiger partial charge on any atom is 0.338 e. The van der Waals surface area contributed by atoms with E-state index in [2.05, 4.69) is 19.2 Å². The summed E-state index contributed by atoms with van der Waals surface area (Å²) in [7, 11) is 3.01. The summed E-state index contributed by atoms with van der Waals surface area (Å²) in [5, 5.41) is 2.99. The van der Waals surface area contributed by atoms with E-state index in [1.165, 1.54) is 20.6 Å². The van der Waals surface area contributed by atoms with Crippen LogP contribution < -0.4 is 14.8 Å². The maximum absolute atomic E-state index is 12.2. The predicted octanol–water partition coefficient (Wildman–Crippen LogP) is 2.80. The van der Waals surface area contributed by atoms with E-state index in [9.17, 15) is 9.59 Å². The summed E-state index contributed by atoms with van der Waals surface area (Å²) in [4.78, 5) is 24.3. The average Bonchev–Trinajstić information content (AvgIpc) is 2.63. The molecule has 25 heavy (non-hydrogen) atoms. The van der Waals surface area contributed by atoms with Crippen LogP contribution in [0.3, 0.4) is 0 Å². The average molecular weight is 349 g/mol. The van der Waals surface area contributed by atoms with Crippen LogP contribution in [0.25, 0.3) is 0 Å². The number of hydrogen-bond acceptors (Lipinski definition) is 5. The van der Waals surface area contributed by atoms with E-state index >= 15 is 0 Å². The number of carbonyl (C=O) groups is 2. The Kier molecular flexibility index (Phi) is 6.67. The molecule has 0 saturated heterocycles. The van der Waals surface area contributed by atoms with Crippen molar-refractivity contribution in [2.45, 2.75) is 39.2 Å². The van der Waals surface area contributed by atoms with Gasteiger partial charge in [-0.15, -0.1) is 0 Å². The van der Waals surface area contributed by atoms with E-state index in [0.29, 0.717) is 23.3 Å². The highest BCUT2D eigenvalue weighted by Gasteiger charge is 2.28. The maximum atomic E-state index is 12.2. The number of benzene rings is 1. The largest absolute Gasteiger partial charge is 0.497 e. The number of rotatable bonds is 6. The van der Waals surface area contributed by atoms with Crippen molar-refractivity contribution in [2.24, 2.45) is 11.8 Å². The van der Waals surface area contributed by atoms with Gasteiger partial charge in [-0.25, -0.2) is 4.79 Å². The quantitative estimate of drug-likeness (QED) is 0.800. The molecular formula is C19H27NO5. The molecule has 1 fully saturated rings. The Morgan fingerprint density at radius 3 is 2.32 bits per heavy atom. The van der Waals surface area contributed by atoms with Crippen LogP contribution in [-0.4, -0.2) is 38.7 Å². The Morgan fingerprint density at radius 1 is 1.08 bits per heavy atom. The summed E-state index contributed by atoms with van der Waals surface area (Å²) < 4.78 is 15.4. The molecule has 0 spiro atoms. The second-order valence-electron chi connectivity index (χ2n) is 6.62. The van der Waals surface area contributed by atoms with Crippen molar-refractivity contribution in [3.8, 4) is 11.5 Å². The molecular weight excluding hydrogens is 322 g/mol. The van der Waals surface area contributed by atoms with E-state index in [0.717, 1.165) is 12.8 Å². The molecule has 1 aromatic carbocycles.